The molecule has 0 fully saturated rings. The molecule has 2 rings (SSSR count). The monoisotopic (exact) mass is 285 g/mol. The van der Waals surface area contributed by atoms with E-state index in [-0.39, 0.29) is 0 Å². The lowest BCUT2D eigenvalue weighted by molar-refractivity contribution is 1.12. The van der Waals surface area contributed by atoms with Crippen LogP contribution in [0.2, 0.25) is 0 Å². The maximum atomic E-state index is 5.28. The lowest BCUT2D eigenvalue weighted by Gasteiger charge is -2.15. The van der Waals surface area contributed by atoms with Gasteiger partial charge in [-0.3, -0.25) is 10.9 Å². The van der Waals surface area contributed by atoms with E-state index in [2.05, 4.69) is 42.1 Å². The van der Waals surface area contributed by atoms with E-state index < -0.39 is 0 Å². The van der Waals surface area contributed by atoms with Crippen LogP contribution in [0, 0.1) is 20.8 Å². The summed E-state index contributed by atoms with van der Waals surface area (Å²) in [5.74, 6) is 0. The topological polar surface area (TPSA) is 36.1 Å². The normalized spacial score (nSPS) is 9.95. The Hall–Kier alpha value is -2.07. The quantitative estimate of drug-likeness (QED) is 0.590. The Morgan fingerprint density at radius 1 is 0.900 bits per heavy atom. The van der Waals surface area contributed by atoms with Gasteiger partial charge in [0.05, 0.1) is 5.69 Å². The van der Waals surface area contributed by atoms with E-state index in [4.69, 9.17) is 12.2 Å². The van der Waals surface area contributed by atoms with Gasteiger partial charge in [0.2, 0.25) is 0 Å². The molecule has 0 unspecified atom stereocenters. The van der Waals surface area contributed by atoms with Crippen molar-refractivity contribution < 1.29 is 0 Å². The molecule has 0 saturated heterocycles. The molecule has 2 aromatic carbocycles. The molecule has 104 valence electrons. The number of aryl methyl sites for hydroxylation is 3. The maximum absolute atomic E-state index is 5.28. The second-order valence-corrected chi connectivity index (χ2v) is 5.25. The third-order valence-corrected chi connectivity index (χ3v) is 3.29. The minimum absolute atomic E-state index is 0.541. The number of thiocarbonyl (C=S) groups is 1. The molecule has 3 N–H and O–H groups in total. The first-order valence-corrected chi connectivity index (χ1v) is 6.93. The van der Waals surface area contributed by atoms with E-state index >= 15 is 0 Å². The van der Waals surface area contributed by atoms with Gasteiger partial charge in [-0.15, -0.1) is 0 Å². The van der Waals surface area contributed by atoms with Crippen molar-refractivity contribution in [3.8, 4) is 0 Å². The summed E-state index contributed by atoms with van der Waals surface area (Å²) in [5.41, 5.74) is 11.7. The van der Waals surface area contributed by atoms with Crippen LogP contribution in [0.1, 0.15) is 16.7 Å². The fraction of sp³-hybridized carbons (Fsp3) is 0.188. The number of anilines is 2. The van der Waals surface area contributed by atoms with Crippen LogP contribution in [0.15, 0.2) is 42.5 Å². The Bertz CT molecular complexity index is 623. The molecule has 0 aromatic heterocycles. The number of para-hydroxylation sites is 1. The average Bonchev–Trinajstić information content (AvgIpc) is 2.40. The van der Waals surface area contributed by atoms with Gasteiger partial charge in [0, 0.05) is 5.69 Å². The molecule has 0 aliphatic rings. The molecule has 20 heavy (non-hydrogen) atoms. The summed E-state index contributed by atoms with van der Waals surface area (Å²) in [6.07, 6.45) is 0. The highest BCUT2D eigenvalue weighted by Crippen LogP contribution is 2.15. The Morgan fingerprint density at radius 2 is 1.65 bits per heavy atom. The van der Waals surface area contributed by atoms with Crippen molar-refractivity contribution in [2.45, 2.75) is 20.8 Å². The number of hydrazine groups is 1. The van der Waals surface area contributed by atoms with Crippen LogP contribution in [0.25, 0.3) is 0 Å². The van der Waals surface area contributed by atoms with Crippen LogP contribution < -0.4 is 16.2 Å². The molecule has 0 bridgehead atoms. The first-order chi connectivity index (χ1) is 9.56. The zero-order valence-corrected chi connectivity index (χ0v) is 12.8. The Balaban J connectivity index is 1.94. The Kier molecular flexibility index (Phi) is 4.58. The molecule has 0 heterocycles. The van der Waals surface area contributed by atoms with Crippen molar-refractivity contribution in [2.75, 3.05) is 10.7 Å². The van der Waals surface area contributed by atoms with Gasteiger partial charge in [0.1, 0.15) is 0 Å². The van der Waals surface area contributed by atoms with Gasteiger partial charge < -0.3 is 5.32 Å². The first kappa shape index (κ1) is 14.3. The smallest absolute Gasteiger partial charge is 0.189 e. The van der Waals surface area contributed by atoms with Crippen molar-refractivity contribution in [3.05, 3.63) is 59.2 Å². The van der Waals surface area contributed by atoms with Crippen molar-refractivity contribution in [1.82, 2.24) is 5.43 Å². The lowest BCUT2D eigenvalue weighted by Crippen LogP contribution is -2.33. The minimum Gasteiger partial charge on any atom is -0.331 e. The highest BCUT2D eigenvalue weighted by Gasteiger charge is 2.01. The van der Waals surface area contributed by atoms with Gasteiger partial charge >= 0.3 is 0 Å². The van der Waals surface area contributed by atoms with Crippen LogP contribution in [-0.2, 0) is 0 Å². The maximum Gasteiger partial charge on any atom is 0.189 e. The van der Waals surface area contributed by atoms with E-state index in [0.717, 1.165) is 16.9 Å². The number of nitrogens with one attached hydrogen (secondary N) is 3. The average molecular weight is 285 g/mol. The van der Waals surface area contributed by atoms with Gasteiger partial charge in [0.25, 0.3) is 0 Å². The molecular formula is C16H19N3S. The number of hydrogen-bond donors (Lipinski definition) is 3. The summed E-state index contributed by atoms with van der Waals surface area (Å²) in [7, 11) is 0. The molecule has 0 aliphatic heterocycles. The molecule has 4 heteroatoms. The summed E-state index contributed by atoms with van der Waals surface area (Å²) in [6.45, 7) is 6.19. The Labute approximate surface area is 125 Å². The zero-order valence-electron chi connectivity index (χ0n) is 11.9. The van der Waals surface area contributed by atoms with Crippen molar-refractivity contribution in [2.24, 2.45) is 0 Å². The zero-order chi connectivity index (χ0) is 14.5. The Morgan fingerprint density at radius 3 is 2.35 bits per heavy atom. The van der Waals surface area contributed by atoms with Gasteiger partial charge in [-0.25, -0.2) is 0 Å². The molecule has 0 amide bonds. The van der Waals surface area contributed by atoms with Crippen LogP contribution in [0.5, 0.6) is 0 Å². The minimum atomic E-state index is 0.541. The second kappa shape index (κ2) is 6.39. The molecule has 0 spiro atoms. The van der Waals surface area contributed by atoms with Crippen LogP contribution in [0.4, 0.5) is 11.4 Å². The highest BCUT2D eigenvalue weighted by molar-refractivity contribution is 7.80. The number of benzene rings is 2. The van der Waals surface area contributed by atoms with E-state index in [1.54, 1.807) is 0 Å². The van der Waals surface area contributed by atoms with Crippen LogP contribution >= 0.6 is 12.2 Å². The van der Waals surface area contributed by atoms with E-state index in [0.29, 0.717) is 5.11 Å². The van der Waals surface area contributed by atoms with Crippen molar-refractivity contribution in [1.29, 1.82) is 0 Å². The molecule has 0 aliphatic carbocycles. The lowest BCUT2D eigenvalue weighted by atomic mass is 10.1. The SMILES string of the molecule is Cc1ccc(NNC(=S)Nc2ccccc2C)c(C)c1. The second-order valence-electron chi connectivity index (χ2n) is 4.84. The predicted octanol–water partition coefficient (Wildman–Crippen LogP) is 3.93. The third kappa shape index (κ3) is 3.71. The van der Waals surface area contributed by atoms with Crippen LogP contribution in [0.3, 0.4) is 0 Å². The van der Waals surface area contributed by atoms with E-state index in [1.807, 2.05) is 37.3 Å². The van der Waals surface area contributed by atoms with Crippen molar-refractivity contribution >= 4 is 28.7 Å². The van der Waals surface area contributed by atoms with E-state index in [1.165, 1.54) is 11.1 Å². The standard InChI is InChI=1S/C16H19N3S/c1-11-8-9-15(13(3)10-11)18-19-16(20)17-14-7-5-4-6-12(14)2/h4-10,18H,1-3H3,(H2,17,19,20). The van der Waals surface area contributed by atoms with Crippen molar-refractivity contribution in [3.63, 3.8) is 0 Å². The number of hydrogen-bond acceptors (Lipinski definition) is 2. The largest absolute Gasteiger partial charge is 0.331 e. The van der Waals surface area contributed by atoms with Crippen LogP contribution in [-0.4, -0.2) is 5.11 Å². The molecule has 0 radical (unpaired) electrons. The summed E-state index contributed by atoms with van der Waals surface area (Å²) in [4.78, 5) is 0. The predicted molar refractivity (Wildman–Crippen MR) is 90.1 cm³/mol. The van der Waals surface area contributed by atoms with Gasteiger partial charge in [-0.2, -0.15) is 0 Å². The summed E-state index contributed by atoms with van der Waals surface area (Å²) < 4.78 is 0. The summed E-state index contributed by atoms with van der Waals surface area (Å²) >= 11 is 5.28. The highest BCUT2D eigenvalue weighted by atomic mass is 32.1. The molecule has 0 saturated carbocycles. The molecular weight excluding hydrogens is 266 g/mol. The third-order valence-electron chi connectivity index (χ3n) is 3.09. The van der Waals surface area contributed by atoms with Gasteiger partial charge in [0.15, 0.2) is 5.11 Å². The summed E-state index contributed by atoms with van der Waals surface area (Å²) in [6, 6.07) is 14.3. The summed E-state index contributed by atoms with van der Waals surface area (Å²) in [5, 5.41) is 3.71. The fourth-order valence-electron chi connectivity index (χ4n) is 1.94. The van der Waals surface area contributed by atoms with Gasteiger partial charge in [-0.1, -0.05) is 35.9 Å². The molecule has 0 atom stereocenters. The number of rotatable bonds is 3. The fourth-order valence-corrected chi connectivity index (χ4v) is 2.11. The van der Waals surface area contributed by atoms with Gasteiger partial charge in [-0.05, 0) is 56.2 Å². The molecule has 3 nitrogen and oxygen atoms in total. The molecule has 2 aromatic rings. The first-order valence-electron chi connectivity index (χ1n) is 6.52. The van der Waals surface area contributed by atoms with E-state index in [9.17, 15) is 0 Å².